The summed E-state index contributed by atoms with van der Waals surface area (Å²) < 4.78 is 2.02. The summed E-state index contributed by atoms with van der Waals surface area (Å²) in [6.07, 6.45) is 10.3. The molecule has 3 aromatic heterocycles. The first-order valence-electron chi connectivity index (χ1n) is 9.77. The second-order valence-corrected chi connectivity index (χ2v) is 8.93. The van der Waals surface area contributed by atoms with Crippen molar-refractivity contribution in [1.82, 2.24) is 9.66 Å². The van der Waals surface area contributed by atoms with Crippen LogP contribution in [0.2, 0.25) is 0 Å². The van der Waals surface area contributed by atoms with E-state index < -0.39 is 0 Å². The molecule has 1 fully saturated rings. The molecule has 5 rings (SSSR count). The van der Waals surface area contributed by atoms with Crippen molar-refractivity contribution in [1.29, 1.82) is 0 Å². The van der Waals surface area contributed by atoms with E-state index in [0.29, 0.717) is 6.04 Å². The monoisotopic (exact) mass is 406 g/mol. The molecule has 0 bridgehead atoms. The number of nitrogens with one attached hydrogen (secondary N) is 1. The van der Waals surface area contributed by atoms with Gasteiger partial charge in [0.25, 0.3) is 0 Å². The predicted octanol–water partition coefficient (Wildman–Crippen LogP) is 5.88. The zero-order chi connectivity index (χ0) is 18.8. The van der Waals surface area contributed by atoms with Gasteiger partial charge in [0, 0.05) is 28.0 Å². The molecule has 0 aliphatic heterocycles. The van der Waals surface area contributed by atoms with Gasteiger partial charge in [-0.25, -0.2) is 4.68 Å². The number of aromatic nitrogens is 2. The predicted molar refractivity (Wildman–Crippen MR) is 119 cm³/mol. The van der Waals surface area contributed by atoms with Gasteiger partial charge < -0.3 is 4.98 Å². The lowest BCUT2D eigenvalue weighted by Gasteiger charge is -2.16. The third-order valence-electron chi connectivity index (χ3n) is 5.26. The molecule has 1 saturated carbocycles. The molecular formula is C22H22N4S2. The fraction of sp³-hybridized carbons (Fsp3) is 0.273. The van der Waals surface area contributed by atoms with Gasteiger partial charge >= 0.3 is 0 Å². The summed E-state index contributed by atoms with van der Waals surface area (Å²) >= 11 is 3.43. The van der Waals surface area contributed by atoms with Gasteiger partial charge in [-0.3, -0.25) is 4.99 Å². The Labute approximate surface area is 171 Å². The number of thiophene rings is 1. The van der Waals surface area contributed by atoms with Crippen LogP contribution >= 0.6 is 22.7 Å². The SMILES string of the molecule is C(=Nn1c(-c2cccs2)csc1=NC1CCCCC1)c1c[nH]c2ccccc12. The maximum atomic E-state index is 5.08. The van der Waals surface area contributed by atoms with Crippen molar-refractivity contribution >= 4 is 39.8 Å². The highest BCUT2D eigenvalue weighted by Gasteiger charge is 2.14. The fourth-order valence-electron chi connectivity index (χ4n) is 3.78. The maximum absolute atomic E-state index is 5.08. The molecule has 0 atom stereocenters. The standard InChI is InChI=1S/C22H22N4S2/c1-2-7-17(8-3-1)25-22-26(20(15-28-22)21-11-6-12-27-21)24-14-16-13-23-19-10-5-4-9-18(16)19/h4-6,9-15,17,23H,1-3,7-8H2. The average molecular weight is 407 g/mol. The minimum Gasteiger partial charge on any atom is -0.361 e. The normalized spacial score (nSPS) is 16.5. The van der Waals surface area contributed by atoms with Crippen molar-refractivity contribution < 1.29 is 0 Å². The summed E-state index contributed by atoms with van der Waals surface area (Å²) in [5.74, 6) is 0. The molecule has 0 radical (unpaired) electrons. The molecule has 4 aromatic rings. The summed E-state index contributed by atoms with van der Waals surface area (Å²) in [7, 11) is 0. The van der Waals surface area contributed by atoms with Crippen molar-refractivity contribution in [3.8, 4) is 10.6 Å². The van der Waals surface area contributed by atoms with E-state index >= 15 is 0 Å². The maximum Gasteiger partial charge on any atom is 0.206 e. The van der Waals surface area contributed by atoms with Crippen LogP contribution in [-0.2, 0) is 0 Å². The van der Waals surface area contributed by atoms with E-state index in [0.717, 1.165) is 21.6 Å². The molecule has 0 saturated heterocycles. The first-order chi connectivity index (χ1) is 13.9. The second kappa shape index (κ2) is 7.89. The molecule has 28 heavy (non-hydrogen) atoms. The lowest BCUT2D eigenvalue weighted by atomic mass is 9.96. The zero-order valence-corrected chi connectivity index (χ0v) is 17.2. The molecule has 1 N–H and O–H groups in total. The highest BCUT2D eigenvalue weighted by Crippen LogP contribution is 2.26. The van der Waals surface area contributed by atoms with Crippen LogP contribution in [0.3, 0.4) is 0 Å². The second-order valence-electron chi connectivity index (χ2n) is 7.15. The number of fused-ring (bicyclic) bond motifs is 1. The third-order valence-corrected chi connectivity index (χ3v) is 6.98. The Hall–Kier alpha value is -2.44. The van der Waals surface area contributed by atoms with E-state index in [4.69, 9.17) is 10.1 Å². The smallest absolute Gasteiger partial charge is 0.206 e. The first-order valence-corrected chi connectivity index (χ1v) is 11.5. The topological polar surface area (TPSA) is 45.4 Å². The van der Waals surface area contributed by atoms with Crippen LogP contribution in [0.25, 0.3) is 21.5 Å². The molecule has 1 aliphatic carbocycles. The Balaban J connectivity index is 1.58. The van der Waals surface area contributed by atoms with Gasteiger partial charge in [-0.05, 0) is 30.4 Å². The molecule has 0 unspecified atom stereocenters. The summed E-state index contributed by atoms with van der Waals surface area (Å²) in [4.78, 5) is 10.6. The lowest BCUT2D eigenvalue weighted by molar-refractivity contribution is 0.435. The van der Waals surface area contributed by atoms with Crippen molar-refractivity contribution in [3.63, 3.8) is 0 Å². The molecule has 0 spiro atoms. The number of aromatic amines is 1. The number of rotatable bonds is 4. The van der Waals surface area contributed by atoms with E-state index in [1.165, 1.54) is 42.4 Å². The van der Waals surface area contributed by atoms with Crippen LogP contribution in [-0.4, -0.2) is 21.9 Å². The lowest BCUT2D eigenvalue weighted by Crippen LogP contribution is -2.18. The number of thiazole rings is 1. The van der Waals surface area contributed by atoms with E-state index in [-0.39, 0.29) is 0 Å². The number of H-pyrrole nitrogens is 1. The highest BCUT2D eigenvalue weighted by molar-refractivity contribution is 7.14. The van der Waals surface area contributed by atoms with Gasteiger partial charge in [0.1, 0.15) is 0 Å². The highest BCUT2D eigenvalue weighted by atomic mass is 32.1. The first kappa shape index (κ1) is 17.6. The number of benzene rings is 1. The van der Waals surface area contributed by atoms with Crippen LogP contribution in [0, 0.1) is 0 Å². The summed E-state index contributed by atoms with van der Waals surface area (Å²) in [5, 5.41) is 10.4. The van der Waals surface area contributed by atoms with E-state index in [9.17, 15) is 0 Å². The van der Waals surface area contributed by atoms with E-state index in [2.05, 4.69) is 46.1 Å². The number of nitrogens with zero attached hydrogens (tertiary/aromatic N) is 3. The van der Waals surface area contributed by atoms with Crippen LogP contribution in [0.1, 0.15) is 37.7 Å². The van der Waals surface area contributed by atoms with Gasteiger partial charge in [-0.15, -0.1) is 22.7 Å². The third kappa shape index (κ3) is 3.50. The molecule has 6 heteroatoms. The largest absolute Gasteiger partial charge is 0.361 e. The van der Waals surface area contributed by atoms with Gasteiger partial charge in [-0.2, -0.15) is 5.10 Å². The summed E-state index contributed by atoms with van der Waals surface area (Å²) in [6.45, 7) is 0. The minimum absolute atomic E-state index is 0.429. The van der Waals surface area contributed by atoms with E-state index in [1.54, 1.807) is 22.7 Å². The van der Waals surface area contributed by atoms with Crippen molar-refractivity contribution in [2.24, 2.45) is 10.1 Å². The molecule has 0 amide bonds. The van der Waals surface area contributed by atoms with Crippen molar-refractivity contribution in [3.05, 3.63) is 63.7 Å². The van der Waals surface area contributed by atoms with Gasteiger partial charge in [0.15, 0.2) is 0 Å². The molecule has 1 aliphatic rings. The van der Waals surface area contributed by atoms with Crippen molar-refractivity contribution in [2.75, 3.05) is 0 Å². The Bertz CT molecular complexity index is 1150. The fourth-order valence-corrected chi connectivity index (χ4v) is 5.48. The van der Waals surface area contributed by atoms with E-state index in [1.807, 2.05) is 23.2 Å². The quantitative estimate of drug-likeness (QED) is 0.412. The van der Waals surface area contributed by atoms with Crippen LogP contribution in [0.15, 0.2) is 63.4 Å². The Morgan fingerprint density at radius 2 is 1.93 bits per heavy atom. The summed E-state index contributed by atoms with van der Waals surface area (Å²) in [6, 6.07) is 13.0. The number of hydrogen-bond acceptors (Lipinski definition) is 4. The molecule has 4 nitrogen and oxygen atoms in total. The van der Waals surface area contributed by atoms with Crippen LogP contribution < -0.4 is 4.80 Å². The Morgan fingerprint density at radius 3 is 2.79 bits per heavy atom. The van der Waals surface area contributed by atoms with Crippen molar-refractivity contribution in [2.45, 2.75) is 38.1 Å². The Morgan fingerprint density at radius 1 is 1.04 bits per heavy atom. The molecular weight excluding hydrogens is 384 g/mol. The zero-order valence-electron chi connectivity index (χ0n) is 15.5. The summed E-state index contributed by atoms with van der Waals surface area (Å²) in [5.41, 5.74) is 3.34. The average Bonchev–Trinajstić information content (AvgIpc) is 3.47. The molecule has 1 aromatic carbocycles. The molecule has 3 heterocycles. The number of para-hydroxylation sites is 1. The Kier molecular flexibility index (Phi) is 4.97. The molecule has 142 valence electrons. The number of hydrogen-bond donors (Lipinski definition) is 1. The van der Waals surface area contributed by atoms with Crippen LogP contribution in [0.5, 0.6) is 0 Å². The van der Waals surface area contributed by atoms with Gasteiger partial charge in [0.05, 0.1) is 22.8 Å². The minimum atomic E-state index is 0.429. The van der Waals surface area contributed by atoms with Gasteiger partial charge in [-0.1, -0.05) is 43.5 Å². The van der Waals surface area contributed by atoms with Crippen LogP contribution in [0.4, 0.5) is 0 Å². The van der Waals surface area contributed by atoms with Gasteiger partial charge in [0.2, 0.25) is 4.80 Å².